The third-order valence-electron chi connectivity index (χ3n) is 5.10. The van der Waals surface area contributed by atoms with Gasteiger partial charge in [0, 0.05) is 5.56 Å². The molecule has 0 aliphatic carbocycles. The second-order valence-electron chi connectivity index (χ2n) is 7.22. The van der Waals surface area contributed by atoms with Crippen LogP contribution in [0.5, 0.6) is 11.5 Å². The van der Waals surface area contributed by atoms with Gasteiger partial charge in [0.05, 0.1) is 33.6 Å². The van der Waals surface area contributed by atoms with Gasteiger partial charge in [-0.05, 0) is 36.8 Å². The minimum Gasteiger partial charge on any atom is -0.493 e. The number of carbonyl (C=O) groups excluding carboxylic acids is 2. The number of nitrogens with zero attached hydrogens (tertiary/aromatic N) is 2. The van der Waals surface area contributed by atoms with Crippen LogP contribution in [0.25, 0.3) is 16.9 Å². The van der Waals surface area contributed by atoms with Crippen molar-refractivity contribution in [1.29, 1.82) is 0 Å². The van der Waals surface area contributed by atoms with Crippen LogP contribution in [0.3, 0.4) is 0 Å². The molecule has 0 saturated heterocycles. The number of aromatic nitrogens is 2. The zero-order valence-electron chi connectivity index (χ0n) is 19.3. The Kier molecular flexibility index (Phi) is 8.07. The fourth-order valence-corrected chi connectivity index (χ4v) is 3.43. The highest BCUT2D eigenvalue weighted by molar-refractivity contribution is 6.06. The Balaban J connectivity index is 2.15. The first kappa shape index (κ1) is 23.8. The van der Waals surface area contributed by atoms with Gasteiger partial charge in [-0.1, -0.05) is 38.0 Å². The summed E-state index contributed by atoms with van der Waals surface area (Å²) >= 11 is 0. The van der Waals surface area contributed by atoms with Gasteiger partial charge in [-0.25, -0.2) is 14.3 Å². The second kappa shape index (κ2) is 11.2. The number of benzene rings is 2. The number of para-hydroxylation sites is 1. The average molecular weight is 453 g/mol. The van der Waals surface area contributed by atoms with E-state index >= 15 is 0 Å². The molecule has 8 heteroatoms. The minimum absolute atomic E-state index is 0.00636. The van der Waals surface area contributed by atoms with Gasteiger partial charge in [-0.3, -0.25) is 0 Å². The summed E-state index contributed by atoms with van der Waals surface area (Å²) in [5.74, 6) is -0.325. The van der Waals surface area contributed by atoms with Crippen LogP contribution in [-0.2, 0) is 9.47 Å². The number of ether oxygens (including phenoxy) is 4. The number of esters is 2. The Morgan fingerprint density at radius 2 is 1.64 bits per heavy atom. The maximum absolute atomic E-state index is 12.8. The van der Waals surface area contributed by atoms with Crippen LogP contribution in [-0.4, -0.2) is 49.7 Å². The zero-order valence-corrected chi connectivity index (χ0v) is 19.3. The molecule has 174 valence electrons. The normalized spacial score (nSPS) is 10.5. The molecule has 33 heavy (non-hydrogen) atoms. The molecule has 1 aromatic heterocycles. The van der Waals surface area contributed by atoms with E-state index in [0.29, 0.717) is 29.4 Å². The third kappa shape index (κ3) is 5.16. The molecule has 8 nitrogen and oxygen atoms in total. The Morgan fingerprint density at radius 3 is 2.27 bits per heavy atom. The molecule has 0 radical (unpaired) electrons. The van der Waals surface area contributed by atoms with Gasteiger partial charge in [0.25, 0.3) is 0 Å². The monoisotopic (exact) mass is 452 g/mol. The molecule has 0 aliphatic heterocycles. The van der Waals surface area contributed by atoms with Crippen molar-refractivity contribution in [1.82, 2.24) is 9.78 Å². The maximum Gasteiger partial charge on any atom is 0.357 e. The summed E-state index contributed by atoms with van der Waals surface area (Å²) in [6, 6.07) is 14.3. The molecule has 0 amide bonds. The molecular formula is C25H28N2O6. The predicted octanol–water partition coefficient (Wildman–Crippen LogP) is 4.69. The molecule has 0 aliphatic rings. The molecule has 2 aromatic carbocycles. The lowest BCUT2D eigenvalue weighted by Crippen LogP contribution is -2.15. The van der Waals surface area contributed by atoms with Gasteiger partial charge < -0.3 is 18.9 Å². The standard InChI is InChI=1S/C25H28N2O6/c1-5-6-10-15-33-19-14-13-17(16-20(19)30-2)22-21(24(28)31-3)23(25(29)32-4)27(26-22)18-11-8-7-9-12-18/h7-9,11-14,16H,5-6,10,15H2,1-4H3. The fourth-order valence-electron chi connectivity index (χ4n) is 3.43. The first-order valence-electron chi connectivity index (χ1n) is 10.7. The van der Waals surface area contributed by atoms with Crippen LogP contribution >= 0.6 is 0 Å². The second-order valence-corrected chi connectivity index (χ2v) is 7.22. The molecule has 0 atom stereocenters. The van der Waals surface area contributed by atoms with E-state index in [4.69, 9.17) is 18.9 Å². The molecular weight excluding hydrogens is 424 g/mol. The highest BCUT2D eigenvalue weighted by Crippen LogP contribution is 2.35. The third-order valence-corrected chi connectivity index (χ3v) is 5.10. The van der Waals surface area contributed by atoms with E-state index in [-0.39, 0.29) is 17.0 Å². The van der Waals surface area contributed by atoms with Gasteiger partial charge in [0.2, 0.25) is 0 Å². The molecule has 0 saturated carbocycles. The largest absolute Gasteiger partial charge is 0.493 e. The highest BCUT2D eigenvalue weighted by Gasteiger charge is 2.31. The molecule has 3 rings (SSSR count). The number of methoxy groups -OCH3 is 3. The first-order chi connectivity index (χ1) is 16.0. The van der Waals surface area contributed by atoms with Crippen LogP contribution in [0, 0.1) is 0 Å². The van der Waals surface area contributed by atoms with Gasteiger partial charge in [-0.2, -0.15) is 5.10 Å². The number of rotatable bonds is 10. The molecule has 0 N–H and O–H groups in total. The summed E-state index contributed by atoms with van der Waals surface area (Å²) in [6.07, 6.45) is 3.12. The van der Waals surface area contributed by atoms with Gasteiger partial charge in [-0.15, -0.1) is 0 Å². The van der Waals surface area contributed by atoms with Crippen molar-refractivity contribution in [2.75, 3.05) is 27.9 Å². The Bertz CT molecular complexity index is 1110. The van der Waals surface area contributed by atoms with Gasteiger partial charge >= 0.3 is 11.9 Å². The fraction of sp³-hybridized carbons (Fsp3) is 0.320. The van der Waals surface area contributed by atoms with E-state index in [1.165, 1.54) is 18.9 Å². The van der Waals surface area contributed by atoms with Crippen LogP contribution in [0.2, 0.25) is 0 Å². The summed E-state index contributed by atoms with van der Waals surface area (Å²) in [6.45, 7) is 2.71. The van der Waals surface area contributed by atoms with E-state index in [9.17, 15) is 9.59 Å². The summed E-state index contributed by atoms with van der Waals surface area (Å²) in [5, 5.41) is 4.60. The molecule has 1 heterocycles. The lowest BCUT2D eigenvalue weighted by Gasteiger charge is -2.12. The molecule has 0 unspecified atom stereocenters. The number of hydrogen-bond acceptors (Lipinski definition) is 7. The van der Waals surface area contributed by atoms with Crippen molar-refractivity contribution in [3.05, 3.63) is 59.8 Å². The van der Waals surface area contributed by atoms with Gasteiger partial charge in [0.1, 0.15) is 11.3 Å². The Morgan fingerprint density at radius 1 is 0.909 bits per heavy atom. The van der Waals surface area contributed by atoms with Crippen molar-refractivity contribution < 1.29 is 28.5 Å². The lowest BCUT2D eigenvalue weighted by molar-refractivity contribution is 0.0549. The molecule has 0 fully saturated rings. The van der Waals surface area contributed by atoms with Crippen LogP contribution in [0.1, 0.15) is 47.0 Å². The number of unbranched alkanes of at least 4 members (excludes halogenated alkanes) is 2. The van der Waals surface area contributed by atoms with E-state index in [0.717, 1.165) is 19.3 Å². The summed E-state index contributed by atoms with van der Waals surface area (Å²) in [4.78, 5) is 25.5. The maximum atomic E-state index is 12.8. The predicted molar refractivity (Wildman–Crippen MR) is 123 cm³/mol. The number of hydrogen-bond donors (Lipinski definition) is 0. The smallest absolute Gasteiger partial charge is 0.357 e. The van der Waals surface area contributed by atoms with Crippen molar-refractivity contribution in [2.45, 2.75) is 26.2 Å². The summed E-state index contributed by atoms with van der Waals surface area (Å²) in [7, 11) is 4.04. The average Bonchev–Trinajstić information content (AvgIpc) is 3.27. The minimum atomic E-state index is -0.708. The van der Waals surface area contributed by atoms with E-state index in [1.807, 2.05) is 18.2 Å². The molecule has 3 aromatic rings. The topological polar surface area (TPSA) is 88.9 Å². The quantitative estimate of drug-likeness (QED) is 0.326. The SMILES string of the molecule is CCCCCOc1ccc(-c2nn(-c3ccccc3)c(C(=O)OC)c2C(=O)OC)cc1OC. The Labute approximate surface area is 193 Å². The summed E-state index contributed by atoms with van der Waals surface area (Å²) < 4.78 is 22.7. The van der Waals surface area contributed by atoms with Crippen molar-refractivity contribution in [3.63, 3.8) is 0 Å². The first-order valence-corrected chi connectivity index (χ1v) is 10.7. The van der Waals surface area contributed by atoms with Crippen LogP contribution in [0.4, 0.5) is 0 Å². The Hall–Kier alpha value is -3.81. The highest BCUT2D eigenvalue weighted by atomic mass is 16.5. The van der Waals surface area contributed by atoms with Crippen LogP contribution in [0.15, 0.2) is 48.5 Å². The van der Waals surface area contributed by atoms with Crippen LogP contribution < -0.4 is 9.47 Å². The molecule has 0 spiro atoms. The van der Waals surface area contributed by atoms with E-state index in [2.05, 4.69) is 12.0 Å². The van der Waals surface area contributed by atoms with Crippen molar-refractivity contribution in [2.24, 2.45) is 0 Å². The zero-order chi connectivity index (χ0) is 23.8. The van der Waals surface area contributed by atoms with Crippen molar-refractivity contribution >= 4 is 11.9 Å². The lowest BCUT2D eigenvalue weighted by atomic mass is 10.0. The molecule has 0 bridgehead atoms. The van der Waals surface area contributed by atoms with E-state index in [1.54, 1.807) is 37.4 Å². The van der Waals surface area contributed by atoms with Gasteiger partial charge in [0.15, 0.2) is 17.2 Å². The van der Waals surface area contributed by atoms with Crippen molar-refractivity contribution in [3.8, 4) is 28.4 Å². The summed E-state index contributed by atoms with van der Waals surface area (Å²) in [5.41, 5.74) is 1.41. The van der Waals surface area contributed by atoms with E-state index < -0.39 is 11.9 Å². The number of carbonyl (C=O) groups is 2.